The Morgan fingerprint density at radius 2 is 1.92 bits per heavy atom. The fraction of sp³-hybridized carbons (Fsp3) is 0.588. The molecule has 0 N–H and O–H groups in total. The van der Waals surface area contributed by atoms with Crippen LogP contribution in [0.5, 0.6) is 0 Å². The molecule has 1 aromatic carbocycles. The van der Waals surface area contributed by atoms with Gasteiger partial charge in [-0.25, -0.2) is 26.0 Å². The molecule has 4 nitrogen and oxygen atoms in total. The van der Waals surface area contributed by atoms with E-state index in [1.54, 1.807) is 0 Å². The van der Waals surface area contributed by atoms with Gasteiger partial charge < -0.3 is 4.74 Å². The molecule has 0 saturated heterocycles. The number of benzene rings is 1. The summed E-state index contributed by atoms with van der Waals surface area (Å²) in [7, 11) is -3.79. The molecular formula is C17H18F4O4S. The van der Waals surface area contributed by atoms with E-state index < -0.39 is 58.9 Å². The highest BCUT2D eigenvalue weighted by Gasteiger charge is 2.50. The molecule has 1 fully saturated rings. The molecule has 9 heteroatoms. The Balaban J connectivity index is 2.08. The van der Waals surface area contributed by atoms with Gasteiger partial charge in [-0.05, 0) is 17.2 Å². The zero-order valence-corrected chi connectivity index (χ0v) is 15.0. The Bertz CT molecular complexity index is 845. The van der Waals surface area contributed by atoms with Gasteiger partial charge in [0.2, 0.25) is 5.92 Å². The van der Waals surface area contributed by atoms with Crippen LogP contribution in [0.4, 0.5) is 17.6 Å². The molecule has 0 aromatic heterocycles. The maximum Gasteiger partial charge on any atom is 0.303 e. The average Bonchev–Trinajstić information content (AvgIpc) is 2.78. The van der Waals surface area contributed by atoms with E-state index in [-0.39, 0.29) is 28.0 Å². The van der Waals surface area contributed by atoms with E-state index in [0.29, 0.717) is 0 Å². The molecular weight excluding hydrogens is 376 g/mol. The molecule has 1 saturated carbocycles. The summed E-state index contributed by atoms with van der Waals surface area (Å²) < 4.78 is 84.4. The topological polar surface area (TPSA) is 60.4 Å². The molecule has 0 aliphatic heterocycles. The lowest BCUT2D eigenvalue weighted by molar-refractivity contribution is -0.149. The molecule has 3 atom stereocenters. The van der Waals surface area contributed by atoms with Gasteiger partial charge in [0.1, 0.15) is 12.3 Å². The Kier molecular flexibility index (Phi) is 4.57. The van der Waals surface area contributed by atoms with Crippen molar-refractivity contribution < 1.29 is 35.5 Å². The first kappa shape index (κ1) is 19.1. The highest BCUT2D eigenvalue weighted by Crippen LogP contribution is 2.52. The molecule has 0 bridgehead atoms. The zero-order chi connectivity index (χ0) is 19.4. The number of hydrogen-bond acceptors (Lipinski definition) is 4. The second-order valence-corrected chi connectivity index (χ2v) is 8.98. The van der Waals surface area contributed by atoms with Gasteiger partial charge in [-0.2, -0.15) is 0 Å². The number of alkyl halides is 4. The van der Waals surface area contributed by atoms with Crippen molar-refractivity contribution >= 4 is 15.8 Å². The first-order valence-electron chi connectivity index (χ1n) is 8.09. The minimum absolute atomic E-state index is 0.00907. The third kappa shape index (κ3) is 3.33. The van der Waals surface area contributed by atoms with Crippen LogP contribution in [0.2, 0.25) is 0 Å². The molecule has 0 radical (unpaired) electrons. The minimum Gasteiger partial charge on any atom is -0.454 e. The van der Waals surface area contributed by atoms with E-state index >= 15 is 0 Å². The number of esters is 1. The number of fused-ring (bicyclic) bond motifs is 1. The normalized spacial score (nSPS) is 26.1. The van der Waals surface area contributed by atoms with Gasteiger partial charge in [-0.1, -0.05) is 6.07 Å². The van der Waals surface area contributed by atoms with Gasteiger partial charge >= 0.3 is 5.97 Å². The van der Waals surface area contributed by atoms with Crippen LogP contribution in [0, 0.1) is 5.92 Å². The smallest absolute Gasteiger partial charge is 0.303 e. The van der Waals surface area contributed by atoms with Crippen LogP contribution < -0.4 is 0 Å². The lowest BCUT2D eigenvalue weighted by Crippen LogP contribution is -2.38. The van der Waals surface area contributed by atoms with E-state index in [1.165, 1.54) is 6.07 Å². The van der Waals surface area contributed by atoms with E-state index in [2.05, 4.69) is 0 Å². The van der Waals surface area contributed by atoms with Crippen molar-refractivity contribution in [3.8, 4) is 0 Å². The number of carbonyl (C=O) groups excluding carboxylic acids is 1. The fourth-order valence-electron chi connectivity index (χ4n) is 3.74. The molecule has 0 unspecified atom stereocenters. The van der Waals surface area contributed by atoms with Gasteiger partial charge in [-0.15, -0.1) is 0 Å². The first-order valence-corrected chi connectivity index (χ1v) is 9.99. The second kappa shape index (κ2) is 6.21. The van der Waals surface area contributed by atoms with Crippen molar-refractivity contribution in [2.75, 3.05) is 6.26 Å². The van der Waals surface area contributed by atoms with Crippen molar-refractivity contribution in [1.82, 2.24) is 0 Å². The molecule has 144 valence electrons. The lowest BCUT2D eigenvalue weighted by Gasteiger charge is -2.37. The minimum atomic E-state index is -3.79. The van der Waals surface area contributed by atoms with Crippen molar-refractivity contribution in [1.29, 1.82) is 0 Å². The average molecular weight is 394 g/mol. The summed E-state index contributed by atoms with van der Waals surface area (Å²) in [6, 6.07) is 2.33. The molecule has 0 heterocycles. The van der Waals surface area contributed by atoms with E-state index in [4.69, 9.17) is 4.74 Å². The Labute approximate surface area is 148 Å². The predicted molar refractivity (Wildman–Crippen MR) is 84.2 cm³/mol. The summed E-state index contributed by atoms with van der Waals surface area (Å²) in [4.78, 5) is 11.0. The van der Waals surface area contributed by atoms with Crippen molar-refractivity contribution in [2.45, 2.75) is 55.5 Å². The zero-order valence-electron chi connectivity index (χ0n) is 14.1. The number of halogens is 4. The van der Waals surface area contributed by atoms with E-state index in [9.17, 15) is 30.8 Å². The van der Waals surface area contributed by atoms with Crippen LogP contribution in [0.25, 0.3) is 0 Å². The molecule has 0 amide bonds. The maximum atomic E-state index is 14.8. The summed E-state index contributed by atoms with van der Waals surface area (Å²) in [5, 5.41) is 0. The van der Waals surface area contributed by atoms with E-state index in [1.807, 2.05) is 0 Å². The van der Waals surface area contributed by atoms with Crippen LogP contribution in [-0.2, 0) is 25.8 Å². The van der Waals surface area contributed by atoms with Crippen LogP contribution in [0.1, 0.15) is 48.7 Å². The molecule has 1 aromatic rings. The Hall–Kier alpha value is -1.64. The third-order valence-corrected chi connectivity index (χ3v) is 6.05. The van der Waals surface area contributed by atoms with Crippen LogP contribution >= 0.6 is 0 Å². The summed E-state index contributed by atoms with van der Waals surface area (Å²) in [5.74, 6) is -4.62. The summed E-state index contributed by atoms with van der Waals surface area (Å²) in [6.07, 6.45) is -5.59. The van der Waals surface area contributed by atoms with Crippen molar-refractivity contribution in [2.24, 2.45) is 5.92 Å². The number of ether oxygens (including phenoxy) is 1. The van der Waals surface area contributed by atoms with Crippen molar-refractivity contribution in [3.05, 3.63) is 28.8 Å². The SMILES string of the molecule is CC(=O)O[C@H]1c2c(S(C)(=O)=O)ccc([C@@H](F)C3CC(F)(F)C3)c2C[C@H]1F. The van der Waals surface area contributed by atoms with Gasteiger partial charge in [0.05, 0.1) is 4.90 Å². The summed E-state index contributed by atoms with van der Waals surface area (Å²) >= 11 is 0. The number of sulfone groups is 1. The van der Waals surface area contributed by atoms with Crippen LogP contribution in [0.3, 0.4) is 0 Å². The Morgan fingerprint density at radius 1 is 1.31 bits per heavy atom. The monoisotopic (exact) mass is 394 g/mol. The van der Waals surface area contributed by atoms with Crippen LogP contribution in [-0.4, -0.2) is 32.7 Å². The highest BCUT2D eigenvalue weighted by atomic mass is 32.2. The van der Waals surface area contributed by atoms with Gasteiger partial charge in [0, 0.05) is 43.9 Å². The van der Waals surface area contributed by atoms with Gasteiger partial charge in [0.25, 0.3) is 0 Å². The highest BCUT2D eigenvalue weighted by molar-refractivity contribution is 7.90. The maximum absolute atomic E-state index is 14.8. The standard InChI is InChI=1S/C17H18F4O4S/c1-8(22)25-16-12(18)5-11-10(15(19)9-6-17(20,21)7-9)3-4-13(14(11)16)26(2,23)24/h3-4,9,12,15-16H,5-7H2,1-2H3/t12-,15+,16-/m1/s1. The van der Waals surface area contributed by atoms with Gasteiger partial charge in [-0.3, -0.25) is 4.79 Å². The summed E-state index contributed by atoms with van der Waals surface area (Å²) in [6.45, 7) is 1.06. The largest absolute Gasteiger partial charge is 0.454 e. The lowest BCUT2D eigenvalue weighted by atomic mass is 9.75. The number of carbonyl (C=O) groups is 1. The van der Waals surface area contributed by atoms with E-state index in [0.717, 1.165) is 19.2 Å². The van der Waals surface area contributed by atoms with Gasteiger partial charge in [0.15, 0.2) is 15.9 Å². The number of hydrogen-bond donors (Lipinski definition) is 0. The first-order chi connectivity index (χ1) is 11.9. The summed E-state index contributed by atoms with van der Waals surface area (Å²) in [5.41, 5.74) is 0.000951. The fourth-order valence-corrected chi connectivity index (χ4v) is 4.70. The Morgan fingerprint density at radius 3 is 2.42 bits per heavy atom. The predicted octanol–water partition coefficient (Wildman–Crippen LogP) is 3.64. The molecule has 3 rings (SSSR count). The second-order valence-electron chi connectivity index (χ2n) is 6.99. The third-order valence-electron chi connectivity index (χ3n) is 4.89. The quantitative estimate of drug-likeness (QED) is 0.578. The van der Waals surface area contributed by atoms with Crippen LogP contribution in [0.15, 0.2) is 17.0 Å². The van der Waals surface area contributed by atoms with Crippen molar-refractivity contribution in [3.63, 3.8) is 0 Å². The number of rotatable bonds is 4. The molecule has 2 aliphatic rings. The molecule has 2 aliphatic carbocycles. The molecule has 0 spiro atoms. The molecule has 26 heavy (non-hydrogen) atoms.